The minimum atomic E-state index is -1.71. The molecular formula is C20H38O4Si. The second-order valence-electron chi connectivity index (χ2n) is 8.74. The molecule has 0 bridgehead atoms. The van der Waals surface area contributed by atoms with Crippen molar-refractivity contribution in [2.45, 2.75) is 98.1 Å². The first kappa shape index (κ1) is 24.1. The lowest BCUT2D eigenvalue weighted by molar-refractivity contribution is -0.133. The van der Waals surface area contributed by atoms with Crippen molar-refractivity contribution in [2.24, 2.45) is 5.41 Å². The lowest BCUT2D eigenvalue weighted by Crippen LogP contribution is -2.40. The van der Waals surface area contributed by atoms with E-state index >= 15 is 0 Å². The first-order valence-electron chi connectivity index (χ1n) is 9.46. The second-order valence-corrected chi connectivity index (χ2v) is 13.2. The van der Waals surface area contributed by atoms with Crippen LogP contribution in [-0.2, 0) is 18.8 Å². The Morgan fingerprint density at radius 2 is 1.80 bits per heavy atom. The average Bonchev–Trinajstić information content (AvgIpc) is 2.44. The van der Waals surface area contributed by atoms with Gasteiger partial charge in [0.15, 0.2) is 14.1 Å². The van der Waals surface area contributed by atoms with Gasteiger partial charge in [0.05, 0.1) is 6.10 Å². The zero-order valence-corrected chi connectivity index (χ0v) is 18.3. The molecule has 0 heterocycles. The van der Waals surface area contributed by atoms with Crippen molar-refractivity contribution >= 4 is 20.6 Å². The number of hydrogen-bond donors (Lipinski definition) is 0. The summed E-state index contributed by atoms with van der Waals surface area (Å²) in [6, 6.07) is 0. The quantitative estimate of drug-likeness (QED) is 0.191. The van der Waals surface area contributed by atoms with Gasteiger partial charge in [-0.2, -0.15) is 0 Å². The van der Waals surface area contributed by atoms with Crippen molar-refractivity contribution in [1.82, 2.24) is 0 Å². The number of ketones is 1. The highest BCUT2D eigenvalue weighted by Crippen LogP contribution is 2.28. The standard InChI is InChI=1S/C20H38O4Si/c1-8-9-10-13-18(23-16-21)14-11-12-17(22)15-19(20(2,3)4)24-25(5,6)7/h11-12,16,18-19H,8-10,13-15H2,1-7H3/b12-11+/t18-,19-/m1/s1. The maximum Gasteiger partial charge on any atom is 0.293 e. The Balaban J connectivity index is 4.60. The van der Waals surface area contributed by atoms with E-state index in [1.807, 2.05) is 6.08 Å². The molecule has 0 spiro atoms. The van der Waals surface area contributed by atoms with Gasteiger partial charge in [-0.15, -0.1) is 0 Å². The Morgan fingerprint density at radius 1 is 1.16 bits per heavy atom. The van der Waals surface area contributed by atoms with Crippen LogP contribution in [0.2, 0.25) is 19.6 Å². The normalized spacial score (nSPS) is 15.2. The van der Waals surface area contributed by atoms with Gasteiger partial charge in [0, 0.05) is 12.8 Å². The summed E-state index contributed by atoms with van der Waals surface area (Å²) in [5, 5.41) is 0. The third kappa shape index (κ3) is 13.0. The fraction of sp³-hybridized carbons (Fsp3) is 0.800. The molecule has 0 unspecified atom stereocenters. The number of unbranched alkanes of at least 4 members (excludes halogenated alkanes) is 2. The van der Waals surface area contributed by atoms with Crippen LogP contribution in [0.15, 0.2) is 12.2 Å². The molecular weight excluding hydrogens is 332 g/mol. The van der Waals surface area contributed by atoms with Crippen molar-refractivity contribution in [3.8, 4) is 0 Å². The summed E-state index contributed by atoms with van der Waals surface area (Å²) in [4.78, 5) is 22.9. The molecule has 0 aromatic rings. The molecule has 0 saturated heterocycles. The minimum absolute atomic E-state index is 0.0663. The van der Waals surface area contributed by atoms with E-state index in [-0.39, 0.29) is 23.4 Å². The predicted octanol–water partition coefficient (Wildman–Crippen LogP) is 5.28. The van der Waals surface area contributed by atoms with Crippen LogP contribution < -0.4 is 0 Å². The Kier molecular flexibility index (Phi) is 11.2. The second kappa shape index (κ2) is 11.6. The van der Waals surface area contributed by atoms with Crippen LogP contribution in [0, 0.1) is 5.41 Å². The number of carbonyl (C=O) groups is 2. The van der Waals surface area contributed by atoms with E-state index < -0.39 is 8.32 Å². The molecule has 0 aromatic carbocycles. The molecule has 0 radical (unpaired) electrons. The van der Waals surface area contributed by atoms with Gasteiger partial charge in [-0.3, -0.25) is 9.59 Å². The molecule has 2 atom stereocenters. The molecule has 0 rings (SSSR count). The summed E-state index contributed by atoms with van der Waals surface area (Å²) in [6.07, 6.45) is 8.34. The first-order chi connectivity index (χ1) is 11.5. The van der Waals surface area contributed by atoms with Gasteiger partial charge >= 0.3 is 0 Å². The highest BCUT2D eigenvalue weighted by molar-refractivity contribution is 6.69. The summed E-state index contributed by atoms with van der Waals surface area (Å²) < 4.78 is 11.3. The lowest BCUT2D eigenvalue weighted by atomic mass is 9.86. The van der Waals surface area contributed by atoms with Crippen LogP contribution in [-0.4, -0.2) is 32.8 Å². The molecule has 0 N–H and O–H groups in total. The fourth-order valence-electron chi connectivity index (χ4n) is 2.50. The molecule has 0 amide bonds. The van der Waals surface area contributed by atoms with E-state index in [1.54, 1.807) is 6.08 Å². The fourth-order valence-corrected chi connectivity index (χ4v) is 3.79. The van der Waals surface area contributed by atoms with Crippen LogP contribution in [0.25, 0.3) is 0 Å². The molecule has 146 valence electrons. The predicted molar refractivity (Wildman–Crippen MR) is 106 cm³/mol. The highest BCUT2D eigenvalue weighted by Gasteiger charge is 2.31. The maximum absolute atomic E-state index is 12.3. The number of ether oxygens (including phenoxy) is 1. The third-order valence-electron chi connectivity index (χ3n) is 3.93. The molecule has 0 aromatic heterocycles. The largest absolute Gasteiger partial charge is 0.464 e. The molecule has 0 aliphatic rings. The maximum atomic E-state index is 12.3. The summed E-state index contributed by atoms with van der Waals surface area (Å²) in [5.41, 5.74) is -0.0763. The van der Waals surface area contributed by atoms with Gasteiger partial charge in [-0.25, -0.2) is 0 Å². The topological polar surface area (TPSA) is 52.6 Å². The molecule has 4 nitrogen and oxygen atoms in total. The van der Waals surface area contributed by atoms with Gasteiger partial charge in [0.2, 0.25) is 0 Å². The number of hydrogen-bond acceptors (Lipinski definition) is 4. The van der Waals surface area contributed by atoms with Crippen molar-refractivity contribution in [2.75, 3.05) is 0 Å². The molecule has 25 heavy (non-hydrogen) atoms. The Morgan fingerprint density at radius 3 is 2.28 bits per heavy atom. The molecule has 0 aliphatic carbocycles. The van der Waals surface area contributed by atoms with Crippen LogP contribution in [0.3, 0.4) is 0 Å². The number of carbonyl (C=O) groups excluding carboxylic acids is 2. The zero-order chi connectivity index (χ0) is 19.5. The van der Waals surface area contributed by atoms with Crippen molar-refractivity contribution in [1.29, 1.82) is 0 Å². The van der Waals surface area contributed by atoms with E-state index in [1.165, 1.54) is 0 Å². The number of rotatable bonds is 13. The Labute approximate surface area is 155 Å². The molecule has 0 aliphatic heterocycles. The van der Waals surface area contributed by atoms with Gasteiger partial charge in [0.1, 0.15) is 6.10 Å². The minimum Gasteiger partial charge on any atom is -0.464 e. The Hall–Kier alpha value is -0.943. The third-order valence-corrected chi connectivity index (χ3v) is 4.92. The summed E-state index contributed by atoms with van der Waals surface area (Å²) in [7, 11) is -1.71. The van der Waals surface area contributed by atoms with Crippen molar-refractivity contribution in [3.63, 3.8) is 0 Å². The Bertz CT molecular complexity index is 418. The van der Waals surface area contributed by atoms with E-state index in [4.69, 9.17) is 9.16 Å². The average molecular weight is 371 g/mol. The van der Waals surface area contributed by atoms with E-state index in [0.717, 1.165) is 25.7 Å². The van der Waals surface area contributed by atoms with Crippen LogP contribution >= 0.6 is 0 Å². The molecule has 0 saturated carbocycles. The summed E-state index contributed by atoms with van der Waals surface area (Å²) in [6.45, 7) is 15.4. The molecule has 5 heteroatoms. The van der Waals surface area contributed by atoms with Gasteiger partial charge in [-0.05, 0) is 44.0 Å². The smallest absolute Gasteiger partial charge is 0.293 e. The van der Waals surface area contributed by atoms with E-state index in [9.17, 15) is 9.59 Å². The van der Waals surface area contributed by atoms with E-state index in [0.29, 0.717) is 19.3 Å². The molecule has 0 fully saturated rings. The van der Waals surface area contributed by atoms with Crippen LogP contribution in [0.1, 0.15) is 66.2 Å². The zero-order valence-electron chi connectivity index (χ0n) is 17.3. The van der Waals surface area contributed by atoms with Crippen molar-refractivity contribution in [3.05, 3.63) is 12.2 Å². The van der Waals surface area contributed by atoms with Crippen LogP contribution in [0.4, 0.5) is 0 Å². The van der Waals surface area contributed by atoms with Gasteiger partial charge < -0.3 is 9.16 Å². The van der Waals surface area contributed by atoms with Gasteiger partial charge in [0.25, 0.3) is 6.47 Å². The lowest BCUT2D eigenvalue weighted by Gasteiger charge is -2.35. The van der Waals surface area contributed by atoms with Gasteiger partial charge in [-0.1, -0.05) is 46.6 Å². The number of allylic oxidation sites excluding steroid dienone is 1. The highest BCUT2D eigenvalue weighted by atomic mass is 28.4. The van der Waals surface area contributed by atoms with Crippen LogP contribution in [0.5, 0.6) is 0 Å². The van der Waals surface area contributed by atoms with E-state index in [2.05, 4.69) is 47.3 Å². The SMILES string of the molecule is CCCCC[C@H](C/C=C/C(=O)C[C@@H](O[Si](C)(C)C)C(C)(C)C)OC=O. The summed E-state index contributed by atoms with van der Waals surface area (Å²) in [5.74, 6) is 0.0663. The van der Waals surface area contributed by atoms with Crippen molar-refractivity contribution < 1.29 is 18.8 Å². The first-order valence-corrected chi connectivity index (χ1v) is 12.9. The summed E-state index contributed by atoms with van der Waals surface area (Å²) >= 11 is 0. The monoisotopic (exact) mass is 370 g/mol.